The number of hydrogen-bond acceptors (Lipinski definition) is 3. The average Bonchev–Trinajstić information content (AvgIpc) is 2.64. The number of pyridine rings is 1. The van der Waals surface area contributed by atoms with E-state index in [4.69, 9.17) is 0 Å². The lowest BCUT2D eigenvalue weighted by molar-refractivity contribution is 0.137. The van der Waals surface area contributed by atoms with E-state index < -0.39 is 32.1 Å². The van der Waals surface area contributed by atoms with Crippen LogP contribution >= 0.6 is 0 Å². The van der Waals surface area contributed by atoms with Gasteiger partial charge in [-0.2, -0.15) is 0 Å². The van der Waals surface area contributed by atoms with Gasteiger partial charge < -0.3 is 0 Å². The number of halogens is 3. The Kier molecular flexibility index (Phi) is 3.81. The Balaban J connectivity index is 2.04. The van der Waals surface area contributed by atoms with Crippen LogP contribution in [-0.4, -0.2) is 18.1 Å². The van der Waals surface area contributed by atoms with Crippen molar-refractivity contribution in [2.75, 3.05) is 4.31 Å². The van der Waals surface area contributed by atoms with E-state index in [0.717, 1.165) is 16.6 Å². The van der Waals surface area contributed by atoms with Crippen LogP contribution < -0.4 is 4.31 Å². The first-order valence-electron chi connectivity index (χ1n) is 8.57. The van der Waals surface area contributed by atoms with Gasteiger partial charge in [0.1, 0.15) is 10.3 Å². The van der Waals surface area contributed by atoms with Gasteiger partial charge in [0.15, 0.2) is 17.3 Å². The summed E-state index contributed by atoms with van der Waals surface area (Å²) < 4.78 is 69.1. The maximum Gasteiger partial charge on any atom is 0.248 e. The van der Waals surface area contributed by atoms with Crippen molar-refractivity contribution in [3.8, 4) is 0 Å². The first-order valence-corrected chi connectivity index (χ1v) is 10.0. The van der Waals surface area contributed by atoms with Gasteiger partial charge in [-0.3, -0.25) is 4.98 Å². The van der Waals surface area contributed by atoms with E-state index in [1.807, 2.05) is 0 Å². The molecule has 0 saturated heterocycles. The molecule has 0 N–H and O–H groups in total. The van der Waals surface area contributed by atoms with E-state index in [0.29, 0.717) is 0 Å². The predicted molar refractivity (Wildman–Crippen MR) is 102 cm³/mol. The molecular weight excluding hydrogens is 389 g/mol. The summed E-state index contributed by atoms with van der Waals surface area (Å²) in [5, 5.41) is 0.232. The van der Waals surface area contributed by atoms with Gasteiger partial charge >= 0.3 is 0 Å². The molecule has 2 heterocycles. The van der Waals surface area contributed by atoms with Crippen LogP contribution in [0, 0.1) is 11.6 Å². The molecule has 1 unspecified atom stereocenters. The molecule has 0 radical (unpaired) electrons. The molecule has 1 aliphatic rings. The molecule has 3 aromatic rings. The maximum absolute atomic E-state index is 15.7. The molecule has 8 heteroatoms. The summed E-state index contributed by atoms with van der Waals surface area (Å²) in [6.45, 7) is 3.90. The lowest BCUT2D eigenvalue weighted by Gasteiger charge is -2.47. The van der Waals surface area contributed by atoms with Crippen molar-refractivity contribution in [2.45, 2.75) is 31.2 Å². The molecular formula is C20H17F3N2O2S. The van der Waals surface area contributed by atoms with Crippen molar-refractivity contribution in [1.29, 1.82) is 0 Å². The summed E-state index contributed by atoms with van der Waals surface area (Å²) >= 11 is 0. The summed E-state index contributed by atoms with van der Waals surface area (Å²) in [5.41, 5.74) is -1.84. The molecule has 1 aliphatic heterocycles. The van der Waals surface area contributed by atoms with Crippen molar-refractivity contribution < 1.29 is 21.6 Å². The zero-order valence-corrected chi connectivity index (χ0v) is 16.2. The van der Waals surface area contributed by atoms with Crippen LogP contribution in [-0.2, 0) is 15.7 Å². The minimum atomic E-state index is -4.21. The van der Waals surface area contributed by atoms with Crippen molar-refractivity contribution in [3.05, 3.63) is 65.9 Å². The molecule has 0 saturated carbocycles. The van der Waals surface area contributed by atoms with Crippen LogP contribution in [0.15, 0.2) is 48.7 Å². The third-order valence-corrected chi connectivity index (χ3v) is 8.17. The monoisotopic (exact) mass is 406 g/mol. The van der Waals surface area contributed by atoms with Gasteiger partial charge in [-0.25, -0.2) is 25.9 Å². The van der Waals surface area contributed by atoms with Gasteiger partial charge in [0.05, 0.1) is 17.6 Å². The van der Waals surface area contributed by atoms with E-state index in [9.17, 15) is 17.2 Å². The molecule has 1 aromatic heterocycles. The van der Waals surface area contributed by atoms with Gasteiger partial charge in [0, 0.05) is 10.9 Å². The molecule has 0 bridgehead atoms. The van der Waals surface area contributed by atoms with E-state index >= 15 is 4.39 Å². The van der Waals surface area contributed by atoms with E-state index in [1.54, 1.807) is 18.2 Å². The van der Waals surface area contributed by atoms with Crippen molar-refractivity contribution in [3.63, 3.8) is 0 Å². The highest BCUT2D eigenvalue weighted by Crippen LogP contribution is 2.53. The second kappa shape index (κ2) is 5.70. The topological polar surface area (TPSA) is 50.3 Å². The number of alkyl halides is 1. The highest BCUT2D eigenvalue weighted by Gasteiger charge is 2.59. The first kappa shape index (κ1) is 18.7. The van der Waals surface area contributed by atoms with Gasteiger partial charge in [0.25, 0.3) is 0 Å². The van der Waals surface area contributed by atoms with Crippen LogP contribution in [0.2, 0.25) is 0 Å². The van der Waals surface area contributed by atoms with Gasteiger partial charge in [-0.05, 0) is 45.0 Å². The smallest absolute Gasteiger partial charge is 0.248 e. The van der Waals surface area contributed by atoms with Crippen LogP contribution in [0.3, 0.4) is 0 Å². The van der Waals surface area contributed by atoms with Crippen LogP contribution in [0.25, 0.3) is 10.9 Å². The number of benzene rings is 2. The molecule has 28 heavy (non-hydrogen) atoms. The SMILES string of the molecule is CC1(F)c2ccccc2N(c2cnc3c(F)c(F)ccc3c2)S(=O)(=O)C1(C)C. The van der Waals surface area contributed by atoms with Gasteiger partial charge in [0.2, 0.25) is 10.0 Å². The van der Waals surface area contributed by atoms with Gasteiger partial charge in [-0.15, -0.1) is 0 Å². The molecule has 0 fully saturated rings. The summed E-state index contributed by atoms with van der Waals surface area (Å²) in [4.78, 5) is 3.92. The largest absolute Gasteiger partial charge is 0.251 e. The second-order valence-electron chi connectivity index (χ2n) is 7.43. The molecule has 146 valence electrons. The Morgan fingerprint density at radius 1 is 1.04 bits per heavy atom. The van der Waals surface area contributed by atoms with Crippen molar-refractivity contribution in [1.82, 2.24) is 4.98 Å². The first-order chi connectivity index (χ1) is 13.0. The molecule has 0 spiro atoms. The number of nitrogens with zero attached hydrogens (tertiary/aromatic N) is 2. The Morgan fingerprint density at radius 3 is 2.43 bits per heavy atom. The molecule has 1 atom stereocenters. The Hall–Kier alpha value is -2.61. The average molecular weight is 406 g/mol. The number of hydrogen-bond donors (Lipinski definition) is 0. The van der Waals surface area contributed by atoms with Crippen molar-refractivity contribution >= 4 is 32.3 Å². The zero-order chi connectivity index (χ0) is 20.5. The number of para-hydroxylation sites is 1. The molecule has 0 aliphatic carbocycles. The summed E-state index contributed by atoms with van der Waals surface area (Å²) in [6.07, 6.45) is 1.15. The van der Waals surface area contributed by atoms with E-state index in [2.05, 4.69) is 4.98 Å². The van der Waals surface area contributed by atoms with Crippen LogP contribution in [0.5, 0.6) is 0 Å². The molecule has 4 rings (SSSR count). The predicted octanol–water partition coefficient (Wildman–Crippen LogP) is 4.96. The normalized spacial score (nSPS) is 22.9. The lowest BCUT2D eigenvalue weighted by atomic mass is 9.84. The second-order valence-corrected chi connectivity index (χ2v) is 9.76. The number of anilines is 2. The quantitative estimate of drug-likeness (QED) is 0.574. The highest BCUT2D eigenvalue weighted by atomic mass is 32.2. The van der Waals surface area contributed by atoms with E-state index in [-0.39, 0.29) is 27.8 Å². The Morgan fingerprint density at radius 2 is 1.71 bits per heavy atom. The van der Waals surface area contributed by atoms with Crippen LogP contribution in [0.4, 0.5) is 24.5 Å². The number of aromatic nitrogens is 1. The standard InChI is InChI=1S/C20H17F3N2O2S/c1-19(2)20(3,23)14-6-4-5-7-16(14)25(28(19,26)27)13-10-12-8-9-15(21)17(22)18(12)24-11-13/h4-11H,1-3H3. The van der Waals surface area contributed by atoms with E-state index in [1.165, 1.54) is 39.0 Å². The number of rotatable bonds is 1. The third kappa shape index (κ3) is 2.24. The summed E-state index contributed by atoms with van der Waals surface area (Å²) in [7, 11) is -4.21. The molecule has 4 nitrogen and oxygen atoms in total. The zero-order valence-electron chi connectivity index (χ0n) is 15.4. The highest BCUT2D eigenvalue weighted by molar-refractivity contribution is 7.94. The Bertz CT molecular complexity index is 1220. The van der Waals surface area contributed by atoms with Crippen LogP contribution in [0.1, 0.15) is 26.3 Å². The summed E-state index contributed by atoms with van der Waals surface area (Å²) in [6, 6.07) is 9.97. The third-order valence-electron chi connectivity index (χ3n) is 5.61. The fourth-order valence-corrected chi connectivity index (χ4v) is 5.34. The van der Waals surface area contributed by atoms with Crippen molar-refractivity contribution in [2.24, 2.45) is 0 Å². The van der Waals surface area contributed by atoms with Gasteiger partial charge in [-0.1, -0.05) is 18.2 Å². The number of fused-ring (bicyclic) bond motifs is 2. The molecule has 2 aromatic carbocycles. The molecule has 0 amide bonds. The summed E-state index contributed by atoms with van der Waals surface area (Å²) in [5.74, 6) is -2.15. The maximum atomic E-state index is 15.7. The Labute approximate surface area is 160 Å². The minimum Gasteiger partial charge on any atom is -0.251 e. The minimum absolute atomic E-state index is 0.120. The fraction of sp³-hybridized carbons (Fsp3) is 0.250. The number of sulfonamides is 1. The fourth-order valence-electron chi connectivity index (χ4n) is 3.49. The lowest BCUT2D eigenvalue weighted by Crippen LogP contribution is -2.57.